The number of nitrogens with one attached hydrogen (secondary N) is 2. The summed E-state index contributed by atoms with van der Waals surface area (Å²) >= 11 is 0. The molecule has 0 saturated carbocycles. The van der Waals surface area contributed by atoms with E-state index in [9.17, 15) is 4.79 Å². The molecule has 0 aliphatic heterocycles. The highest BCUT2D eigenvalue weighted by Crippen LogP contribution is 2.07. The number of rotatable bonds is 6. The van der Waals surface area contributed by atoms with Gasteiger partial charge in [-0.15, -0.1) is 0 Å². The molecule has 0 bridgehead atoms. The van der Waals surface area contributed by atoms with Gasteiger partial charge in [-0.2, -0.15) is 0 Å². The highest BCUT2D eigenvalue weighted by atomic mass is 16.1. The fourth-order valence-electron chi connectivity index (χ4n) is 1.43. The maximum Gasteiger partial charge on any atom is 0.219 e. The van der Waals surface area contributed by atoms with Crippen molar-refractivity contribution in [2.45, 2.75) is 25.8 Å². The molecule has 1 rings (SSSR count). The standard InChI is InChI=1S/C12H19N3O/c1-10(11-6-3-4-8-15-11)14-9-5-7-12(16)13-2/h3-4,6,8,10,14H,5,7,9H2,1-2H3,(H,13,16). The molecule has 4 heteroatoms. The number of carbonyl (C=O) groups is 1. The van der Waals surface area contributed by atoms with E-state index < -0.39 is 0 Å². The predicted molar refractivity (Wildman–Crippen MR) is 64.0 cm³/mol. The summed E-state index contributed by atoms with van der Waals surface area (Å²) in [5.41, 5.74) is 1.03. The van der Waals surface area contributed by atoms with Crippen molar-refractivity contribution in [2.24, 2.45) is 0 Å². The van der Waals surface area contributed by atoms with Crippen LogP contribution in [0.15, 0.2) is 24.4 Å². The van der Waals surface area contributed by atoms with E-state index in [-0.39, 0.29) is 11.9 Å². The molecule has 1 aromatic heterocycles. The monoisotopic (exact) mass is 221 g/mol. The minimum absolute atomic E-state index is 0.0901. The zero-order valence-electron chi connectivity index (χ0n) is 9.86. The molecule has 0 spiro atoms. The topological polar surface area (TPSA) is 54.0 Å². The van der Waals surface area contributed by atoms with Crippen molar-refractivity contribution in [3.05, 3.63) is 30.1 Å². The lowest BCUT2D eigenvalue weighted by molar-refractivity contribution is -0.120. The molecule has 0 aliphatic carbocycles. The first-order chi connectivity index (χ1) is 7.74. The van der Waals surface area contributed by atoms with Crippen molar-refractivity contribution in [1.82, 2.24) is 15.6 Å². The van der Waals surface area contributed by atoms with Crippen LogP contribution in [0.1, 0.15) is 31.5 Å². The second kappa shape index (κ2) is 6.95. The van der Waals surface area contributed by atoms with Gasteiger partial charge in [0.05, 0.1) is 5.69 Å². The Morgan fingerprint density at radius 3 is 2.94 bits per heavy atom. The molecule has 1 unspecified atom stereocenters. The molecule has 1 amide bonds. The van der Waals surface area contributed by atoms with Crippen LogP contribution in [0.3, 0.4) is 0 Å². The number of aromatic nitrogens is 1. The Labute approximate surface area is 96.5 Å². The summed E-state index contributed by atoms with van der Waals surface area (Å²) in [6.45, 7) is 2.90. The van der Waals surface area contributed by atoms with Crippen LogP contribution in [0, 0.1) is 0 Å². The van der Waals surface area contributed by atoms with Crippen molar-refractivity contribution in [2.75, 3.05) is 13.6 Å². The van der Waals surface area contributed by atoms with E-state index in [0.717, 1.165) is 18.7 Å². The molecule has 0 fully saturated rings. The summed E-state index contributed by atoms with van der Waals surface area (Å²) in [7, 11) is 1.66. The average molecular weight is 221 g/mol. The largest absolute Gasteiger partial charge is 0.359 e. The molecular formula is C12H19N3O. The van der Waals surface area contributed by atoms with Gasteiger partial charge in [0.15, 0.2) is 0 Å². The first-order valence-electron chi connectivity index (χ1n) is 5.59. The quantitative estimate of drug-likeness (QED) is 0.711. The summed E-state index contributed by atoms with van der Waals surface area (Å²) in [6.07, 6.45) is 3.20. The zero-order chi connectivity index (χ0) is 11.8. The van der Waals surface area contributed by atoms with Gasteiger partial charge in [0.25, 0.3) is 0 Å². The van der Waals surface area contributed by atoms with E-state index in [2.05, 4.69) is 22.5 Å². The Morgan fingerprint density at radius 1 is 1.50 bits per heavy atom. The van der Waals surface area contributed by atoms with Gasteiger partial charge in [0, 0.05) is 25.7 Å². The Hall–Kier alpha value is -1.42. The molecule has 16 heavy (non-hydrogen) atoms. The molecular weight excluding hydrogens is 202 g/mol. The maximum absolute atomic E-state index is 11.0. The summed E-state index contributed by atoms with van der Waals surface area (Å²) in [6, 6.07) is 6.11. The van der Waals surface area contributed by atoms with Crippen molar-refractivity contribution in [1.29, 1.82) is 0 Å². The lowest BCUT2D eigenvalue weighted by Crippen LogP contribution is -2.23. The lowest BCUT2D eigenvalue weighted by atomic mass is 10.2. The molecule has 0 radical (unpaired) electrons. The van der Waals surface area contributed by atoms with Crippen LogP contribution in [0.5, 0.6) is 0 Å². The van der Waals surface area contributed by atoms with Crippen molar-refractivity contribution in [3.63, 3.8) is 0 Å². The molecule has 2 N–H and O–H groups in total. The minimum Gasteiger partial charge on any atom is -0.359 e. The van der Waals surface area contributed by atoms with Gasteiger partial charge in [-0.3, -0.25) is 9.78 Å². The van der Waals surface area contributed by atoms with Gasteiger partial charge in [-0.1, -0.05) is 6.07 Å². The first-order valence-corrected chi connectivity index (χ1v) is 5.59. The Bertz CT molecular complexity index is 313. The van der Waals surface area contributed by atoms with Gasteiger partial charge >= 0.3 is 0 Å². The molecule has 88 valence electrons. The number of nitrogens with zero attached hydrogens (tertiary/aromatic N) is 1. The Kier molecular flexibility index (Phi) is 5.50. The van der Waals surface area contributed by atoms with Crippen LogP contribution >= 0.6 is 0 Å². The second-order valence-corrected chi connectivity index (χ2v) is 3.71. The van der Waals surface area contributed by atoms with Crippen LogP contribution in [-0.4, -0.2) is 24.5 Å². The second-order valence-electron chi connectivity index (χ2n) is 3.71. The Balaban J connectivity index is 2.21. The smallest absolute Gasteiger partial charge is 0.219 e. The molecule has 4 nitrogen and oxygen atoms in total. The summed E-state index contributed by atoms with van der Waals surface area (Å²) in [4.78, 5) is 15.2. The summed E-state index contributed by atoms with van der Waals surface area (Å²) < 4.78 is 0. The number of hydrogen-bond donors (Lipinski definition) is 2. The Morgan fingerprint density at radius 2 is 2.31 bits per heavy atom. The molecule has 1 aromatic rings. The minimum atomic E-state index is 0.0901. The highest BCUT2D eigenvalue weighted by molar-refractivity contribution is 5.75. The van der Waals surface area contributed by atoms with Gasteiger partial charge in [0.1, 0.15) is 0 Å². The van der Waals surface area contributed by atoms with E-state index in [4.69, 9.17) is 0 Å². The molecule has 0 aromatic carbocycles. The molecule has 1 atom stereocenters. The first kappa shape index (κ1) is 12.6. The van der Waals surface area contributed by atoms with Crippen LogP contribution in [-0.2, 0) is 4.79 Å². The van der Waals surface area contributed by atoms with Crippen molar-refractivity contribution >= 4 is 5.91 Å². The number of amides is 1. The van der Waals surface area contributed by atoms with Crippen molar-refractivity contribution in [3.8, 4) is 0 Å². The third kappa shape index (κ3) is 4.40. The number of carbonyl (C=O) groups excluding carboxylic acids is 1. The lowest BCUT2D eigenvalue weighted by Gasteiger charge is -2.12. The molecule has 1 heterocycles. The zero-order valence-corrected chi connectivity index (χ0v) is 9.86. The third-order valence-corrected chi connectivity index (χ3v) is 2.44. The normalized spacial score (nSPS) is 12.1. The average Bonchev–Trinajstić information content (AvgIpc) is 2.35. The van der Waals surface area contributed by atoms with Crippen LogP contribution in [0.4, 0.5) is 0 Å². The van der Waals surface area contributed by atoms with E-state index >= 15 is 0 Å². The fourth-order valence-corrected chi connectivity index (χ4v) is 1.43. The maximum atomic E-state index is 11.0. The summed E-state index contributed by atoms with van der Waals surface area (Å²) in [5.74, 6) is 0.0901. The van der Waals surface area contributed by atoms with Gasteiger partial charge in [0.2, 0.25) is 5.91 Å². The summed E-state index contributed by atoms with van der Waals surface area (Å²) in [5, 5.41) is 5.94. The van der Waals surface area contributed by atoms with Gasteiger partial charge in [-0.25, -0.2) is 0 Å². The van der Waals surface area contributed by atoms with Crippen LogP contribution < -0.4 is 10.6 Å². The van der Waals surface area contributed by atoms with Gasteiger partial charge in [-0.05, 0) is 32.0 Å². The van der Waals surface area contributed by atoms with Crippen molar-refractivity contribution < 1.29 is 4.79 Å². The van der Waals surface area contributed by atoms with E-state index in [1.54, 1.807) is 13.2 Å². The van der Waals surface area contributed by atoms with E-state index in [1.807, 2.05) is 18.2 Å². The van der Waals surface area contributed by atoms with Gasteiger partial charge < -0.3 is 10.6 Å². The third-order valence-electron chi connectivity index (χ3n) is 2.44. The van der Waals surface area contributed by atoms with E-state index in [0.29, 0.717) is 6.42 Å². The fraction of sp³-hybridized carbons (Fsp3) is 0.500. The SMILES string of the molecule is CNC(=O)CCCNC(C)c1ccccn1. The number of pyridine rings is 1. The molecule has 0 aliphatic rings. The highest BCUT2D eigenvalue weighted by Gasteiger charge is 2.04. The number of hydrogen-bond acceptors (Lipinski definition) is 3. The van der Waals surface area contributed by atoms with Crippen LogP contribution in [0.25, 0.3) is 0 Å². The van der Waals surface area contributed by atoms with E-state index in [1.165, 1.54) is 0 Å². The van der Waals surface area contributed by atoms with Crippen LogP contribution in [0.2, 0.25) is 0 Å². The molecule has 0 saturated heterocycles. The predicted octanol–water partition coefficient (Wildman–Crippen LogP) is 1.26.